The van der Waals surface area contributed by atoms with Crippen LogP contribution in [0.3, 0.4) is 0 Å². The highest BCUT2D eigenvalue weighted by Crippen LogP contribution is 2.47. The first-order valence-electron chi connectivity index (χ1n) is 8.05. The number of fused-ring (bicyclic) bond motifs is 2. The van der Waals surface area contributed by atoms with Gasteiger partial charge in [0.15, 0.2) is 14.7 Å². The van der Waals surface area contributed by atoms with Gasteiger partial charge < -0.3 is 9.64 Å². The Morgan fingerprint density at radius 3 is 2.08 bits per heavy atom. The Morgan fingerprint density at radius 2 is 1.48 bits per heavy atom. The molecular formula is C21H18NO2S+. The molecule has 0 spiro atoms. The van der Waals surface area contributed by atoms with Gasteiger partial charge in [-0.15, -0.1) is 0 Å². The van der Waals surface area contributed by atoms with Gasteiger partial charge in [0, 0.05) is 13.1 Å². The highest BCUT2D eigenvalue weighted by atomic mass is 32.2. The van der Waals surface area contributed by atoms with Crippen LogP contribution in [0.25, 0.3) is 0 Å². The molecule has 25 heavy (non-hydrogen) atoms. The van der Waals surface area contributed by atoms with E-state index in [2.05, 4.69) is 66.5 Å². The van der Waals surface area contributed by atoms with Gasteiger partial charge in [-0.05, 0) is 36.4 Å². The van der Waals surface area contributed by atoms with Crippen molar-refractivity contribution in [1.29, 1.82) is 0 Å². The van der Waals surface area contributed by atoms with Crippen molar-refractivity contribution in [2.24, 2.45) is 0 Å². The number of carbonyl (C=O) groups is 1. The van der Waals surface area contributed by atoms with Crippen molar-refractivity contribution < 1.29 is 9.53 Å². The zero-order chi connectivity index (χ0) is 17.4. The summed E-state index contributed by atoms with van der Waals surface area (Å²) in [5, 5.41) is 0. The van der Waals surface area contributed by atoms with E-state index in [1.54, 1.807) is 6.07 Å². The Labute approximate surface area is 150 Å². The first kappa shape index (κ1) is 15.8. The third-order valence-corrected chi connectivity index (χ3v) is 6.68. The van der Waals surface area contributed by atoms with E-state index in [0.717, 1.165) is 4.90 Å². The van der Waals surface area contributed by atoms with Gasteiger partial charge in [0.2, 0.25) is 0 Å². The maximum Gasteiger partial charge on any atom is 0.338 e. The fraction of sp³-hybridized carbons (Fsp3) is 0.0952. The van der Waals surface area contributed by atoms with Gasteiger partial charge in [-0.25, -0.2) is 4.79 Å². The quantitative estimate of drug-likeness (QED) is 0.499. The van der Waals surface area contributed by atoms with Crippen LogP contribution in [0.15, 0.2) is 87.5 Å². The maximum atomic E-state index is 12.0. The molecule has 4 heteroatoms. The van der Waals surface area contributed by atoms with Gasteiger partial charge in [0.1, 0.15) is 10.9 Å². The summed E-state index contributed by atoms with van der Waals surface area (Å²) in [4.78, 5) is 17.9. The molecular weight excluding hydrogens is 330 g/mol. The third-order valence-electron chi connectivity index (χ3n) is 4.38. The molecule has 1 aliphatic heterocycles. The first-order valence-corrected chi connectivity index (χ1v) is 9.27. The van der Waals surface area contributed by atoms with E-state index in [1.807, 2.05) is 12.1 Å². The topological polar surface area (TPSA) is 29.5 Å². The second-order valence-electron chi connectivity index (χ2n) is 5.82. The molecule has 3 aromatic carbocycles. The minimum Gasteiger partial charge on any atom is -0.465 e. The molecule has 0 saturated carbocycles. The number of nitrogens with zero attached hydrogens (tertiary/aromatic N) is 1. The zero-order valence-corrected chi connectivity index (χ0v) is 14.9. The number of rotatable bonds is 2. The molecule has 3 aromatic rings. The molecule has 3 nitrogen and oxygen atoms in total. The summed E-state index contributed by atoms with van der Waals surface area (Å²) in [6.07, 6.45) is 0. The van der Waals surface area contributed by atoms with Crippen molar-refractivity contribution in [2.45, 2.75) is 14.7 Å². The van der Waals surface area contributed by atoms with Gasteiger partial charge in [-0.2, -0.15) is 0 Å². The fourth-order valence-corrected chi connectivity index (χ4v) is 5.65. The first-order chi connectivity index (χ1) is 12.2. The Morgan fingerprint density at radius 1 is 0.880 bits per heavy atom. The maximum absolute atomic E-state index is 12.0. The lowest BCUT2D eigenvalue weighted by molar-refractivity contribution is 0.0600. The van der Waals surface area contributed by atoms with Crippen LogP contribution in [0, 0.1) is 0 Å². The lowest BCUT2D eigenvalue weighted by Crippen LogP contribution is -2.22. The average molecular weight is 348 g/mol. The largest absolute Gasteiger partial charge is 0.465 e. The van der Waals surface area contributed by atoms with Crippen LogP contribution in [0.1, 0.15) is 10.4 Å². The van der Waals surface area contributed by atoms with Crippen LogP contribution in [-0.2, 0) is 15.6 Å². The Bertz CT molecular complexity index is 906. The smallest absolute Gasteiger partial charge is 0.338 e. The number of ether oxygens (including phenoxy) is 1. The number of benzene rings is 3. The highest BCUT2D eigenvalue weighted by Gasteiger charge is 2.39. The van der Waals surface area contributed by atoms with E-state index < -0.39 is 0 Å². The Hall–Kier alpha value is -2.72. The van der Waals surface area contributed by atoms with E-state index >= 15 is 0 Å². The minimum absolute atomic E-state index is 0.257. The molecule has 1 heterocycles. The predicted molar refractivity (Wildman–Crippen MR) is 101 cm³/mol. The molecule has 0 bridgehead atoms. The number of methoxy groups -OCH3 is 1. The molecule has 0 atom stereocenters. The van der Waals surface area contributed by atoms with Gasteiger partial charge in [-0.1, -0.05) is 30.3 Å². The van der Waals surface area contributed by atoms with Gasteiger partial charge >= 0.3 is 5.97 Å². The van der Waals surface area contributed by atoms with Crippen molar-refractivity contribution in [2.75, 3.05) is 19.1 Å². The molecule has 0 radical (unpaired) electrons. The van der Waals surface area contributed by atoms with Crippen LogP contribution < -0.4 is 4.90 Å². The van der Waals surface area contributed by atoms with Gasteiger partial charge in [-0.3, -0.25) is 0 Å². The lowest BCUT2D eigenvalue weighted by Gasteiger charge is -2.28. The molecule has 0 unspecified atom stereocenters. The molecule has 1 aliphatic rings. The normalized spacial score (nSPS) is 13.1. The van der Waals surface area contributed by atoms with Crippen LogP contribution >= 0.6 is 0 Å². The standard InChI is InChI=1S/C21H18NO2S/c1-22-17-10-3-5-12-19(17)25(20-13-6-4-11-18(20)22)16-9-7-8-15(14-16)21(23)24-2/h3-14H,1-2H3/q+1. The monoisotopic (exact) mass is 348 g/mol. The summed E-state index contributed by atoms with van der Waals surface area (Å²) in [5.74, 6) is -0.304. The van der Waals surface area contributed by atoms with Crippen LogP contribution in [-0.4, -0.2) is 20.1 Å². The van der Waals surface area contributed by atoms with Crippen molar-refractivity contribution in [1.82, 2.24) is 0 Å². The Kier molecular flexibility index (Phi) is 3.98. The van der Waals surface area contributed by atoms with Crippen molar-refractivity contribution in [3.05, 3.63) is 78.4 Å². The van der Waals surface area contributed by atoms with Crippen LogP contribution in [0.4, 0.5) is 11.4 Å². The number of esters is 1. The summed E-state index contributed by atoms with van der Waals surface area (Å²) < 4.78 is 4.89. The number of anilines is 2. The molecule has 0 aliphatic carbocycles. The number of para-hydroxylation sites is 2. The van der Waals surface area contributed by atoms with E-state index in [-0.39, 0.29) is 16.9 Å². The van der Waals surface area contributed by atoms with Crippen molar-refractivity contribution in [3.8, 4) is 0 Å². The van der Waals surface area contributed by atoms with E-state index in [0.29, 0.717) is 5.56 Å². The third kappa shape index (κ3) is 2.59. The number of hydrogen-bond acceptors (Lipinski definition) is 3. The Balaban J connectivity index is 1.94. The second kappa shape index (κ2) is 6.30. The summed E-state index contributed by atoms with van der Waals surface area (Å²) in [6.45, 7) is 0. The number of hydrogen-bond donors (Lipinski definition) is 0. The summed E-state index contributed by atoms with van der Waals surface area (Å²) in [6, 6.07) is 24.7. The molecule has 0 N–H and O–H groups in total. The summed E-state index contributed by atoms with van der Waals surface area (Å²) in [7, 11) is 3.26. The second-order valence-corrected chi connectivity index (χ2v) is 7.78. The van der Waals surface area contributed by atoms with Crippen LogP contribution in [0.5, 0.6) is 0 Å². The molecule has 0 aromatic heterocycles. The molecule has 4 rings (SSSR count). The molecule has 0 fully saturated rings. The van der Waals surface area contributed by atoms with Gasteiger partial charge in [0.05, 0.1) is 24.0 Å². The van der Waals surface area contributed by atoms with Gasteiger partial charge in [0.25, 0.3) is 0 Å². The summed E-state index contributed by atoms with van der Waals surface area (Å²) in [5.41, 5.74) is 2.99. The zero-order valence-electron chi connectivity index (χ0n) is 14.1. The van der Waals surface area contributed by atoms with Crippen LogP contribution in [0.2, 0.25) is 0 Å². The molecule has 0 saturated heterocycles. The van der Waals surface area contributed by atoms with E-state index in [4.69, 9.17) is 4.74 Å². The molecule has 124 valence electrons. The van der Waals surface area contributed by atoms with Crippen molar-refractivity contribution >= 4 is 28.2 Å². The summed E-state index contributed by atoms with van der Waals surface area (Å²) >= 11 is 0. The molecule has 0 amide bonds. The lowest BCUT2D eigenvalue weighted by atomic mass is 10.2. The van der Waals surface area contributed by atoms with E-state index in [1.165, 1.54) is 28.3 Å². The number of carbonyl (C=O) groups excluding carboxylic acids is 1. The van der Waals surface area contributed by atoms with E-state index in [9.17, 15) is 4.79 Å². The fourth-order valence-electron chi connectivity index (χ4n) is 3.18. The SMILES string of the molecule is COC(=O)c1cccc([S+]2c3ccccc3N(C)c3ccccc32)c1. The van der Waals surface area contributed by atoms with Crippen molar-refractivity contribution in [3.63, 3.8) is 0 Å². The minimum atomic E-state index is -0.304. The predicted octanol–water partition coefficient (Wildman–Crippen LogP) is 4.65. The average Bonchev–Trinajstić information content (AvgIpc) is 2.68. The highest BCUT2D eigenvalue weighted by molar-refractivity contribution is 7.97.